The van der Waals surface area contributed by atoms with Crippen LogP contribution in [0.3, 0.4) is 0 Å². The van der Waals surface area contributed by atoms with Gasteiger partial charge in [0.1, 0.15) is 5.78 Å². The summed E-state index contributed by atoms with van der Waals surface area (Å²) in [7, 11) is 0. The van der Waals surface area contributed by atoms with Crippen molar-refractivity contribution >= 4 is 5.78 Å². The number of carbonyl (C=O) groups is 1. The van der Waals surface area contributed by atoms with E-state index in [2.05, 4.69) is 0 Å². The quantitative estimate of drug-likeness (QED) is 0.546. The Morgan fingerprint density at radius 1 is 1.00 bits per heavy atom. The van der Waals surface area contributed by atoms with Crippen molar-refractivity contribution in [2.45, 2.75) is 57.7 Å². The van der Waals surface area contributed by atoms with Gasteiger partial charge in [-0.2, -0.15) is 0 Å². The van der Waals surface area contributed by atoms with Crippen molar-refractivity contribution in [1.29, 1.82) is 0 Å². The first-order chi connectivity index (χ1) is 7.28. The van der Waals surface area contributed by atoms with Crippen molar-refractivity contribution < 1.29 is 10.3 Å². The molecule has 0 aromatic carbocycles. The second-order valence-corrected chi connectivity index (χ2v) is 4.10. The molecule has 1 heteroatoms. The lowest BCUT2D eigenvalue weighted by molar-refractivity contribution is -0.122. The van der Waals surface area contributed by atoms with Gasteiger partial charge >= 0.3 is 0 Å². The smallest absolute Gasteiger partial charge is 0.132 e. The Bertz CT molecular complexity index is 283. The van der Waals surface area contributed by atoms with Crippen molar-refractivity contribution in [2.24, 2.45) is 5.41 Å². The van der Waals surface area contributed by atoms with E-state index in [1.165, 1.54) is 0 Å². The third-order valence-electron chi connectivity index (χ3n) is 3.16. The number of Topliss-reactive ketones (excluding diaryl/α,β-unsaturated/α-hetero) is 1. The van der Waals surface area contributed by atoms with Crippen LogP contribution in [0.1, 0.15) is 63.2 Å². The standard InChI is InChI=1S/C11H18O/c12-10-4-8-11(9-5-10)6-2-1-3-7-11/h1-9H2/i4D2,5D2. The van der Waals surface area contributed by atoms with Crippen LogP contribution in [0.2, 0.25) is 0 Å². The van der Waals surface area contributed by atoms with Crippen LogP contribution in [0.5, 0.6) is 0 Å². The molecule has 2 aliphatic rings. The molecule has 0 unspecified atom stereocenters. The van der Waals surface area contributed by atoms with Crippen LogP contribution >= 0.6 is 0 Å². The normalized spacial score (nSPS) is 42.5. The van der Waals surface area contributed by atoms with Crippen LogP contribution in [0.4, 0.5) is 0 Å². The van der Waals surface area contributed by atoms with E-state index < -0.39 is 18.5 Å². The third-order valence-corrected chi connectivity index (χ3v) is 3.16. The van der Waals surface area contributed by atoms with E-state index in [9.17, 15) is 4.79 Å². The van der Waals surface area contributed by atoms with Gasteiger partial charge in [0.25, 0.3) is 0 Å². The summed E-state index contributed by atoms with van der Waals surface area (Å²) in [6.45, 7) is 0. The van der Waals surface area contributed by atoms with Gasteiger partial charge in [0, 0.05) is 18.2 Å². The molecule has 2 rings (SSSR count). The number of hydrogen-bond donors (Lipinski definition) is 0. The van der Waals surface area contributed by atoms with E-state index in [4.69, 9.17) is 5.48 Å². The topological polar surface area (TPSA) is 17.1 Å². The number of carbonyl (C=O) groups excluding carboxylic acids is 1. The fourth-order valence-corrected chi connectivity index (χ4v) is 2.32. The second kappa shape index (κ2) is 3.20. The van der Waals surface area contributed by atoms with Crippen molar-refractivity contribution in [3.05, 3.63) is 0 Å². The minimum absolute atomic E-state index is 0.221. The summed E-state index contributed by atoms with van der Waals surface area (Å²) in [5, 5.41) is 0. The Labute approximate surface area is 80.2 Å². The highest BCUT2D eigenvalue weighted by Crippen LogP contribution is 2.46. The van der Waals surface area contributed by atoms with E-state index in [-0.39, 0.29) is 18.3 Å². The molecule has 68 valence electrons. The summed E-state index contributed by atoms with van der Waals surface area (Å²) in [5.41, 5.74) is -0.265. The van der Waals surface area contributed by atoms with E-state index in [1.807, 2.05) is 0 Å². The highest BCUT2D eigenvalue weighted by atomic mass is 16.1. The average Bonchev–Trinajstić information content (AvgIpc) is 2.14. The summed E-state index contributed by atoms with van der Waals surface area (Å²) < 4.78 is 30.9. The molecule has 1 spiro atoms. The van der Waals surface area contributed by atoms with Gasteiger partial charge in [0.15, 0.2) is 0 Å². The zero-order valence-electron chi connectivity index (χ0n) is 11.4. The molecule has 2 aliphatic carbocycles. The highest BCUT2D eigenvalue weighted by Gasteiger charge is 2.35. The van der Waals surface area contributed by atoms with Gasteiger partial charge in [-0.05, 0) is 31.1 Å². The lowest BCUT2D eigenvalue weighted by Crippen LogP contribution is -2.29. The SMILES string of the molecule is [2H]C1([2H])CC2(CCCCC2)CC([2H])([2H])C1=O. The van der Waals surface area contributed by atoms with E-state index in [0.29, 0.717) is 0 Å². The first-order valence-corrected chi connectivity index (χ1v) is 4.83. The first-order valence-electron chi connectivity index (χ1n) is 6.83. The van der Waals surface area contributed by atoms with Gasteiger partial charge in [0.05, 0.1) is 0 Å². The summed E-state index contributed by atoms with van der Waals surface area (Å²) in [4.78, 5) is 11.6. The van der Waals surface area contributed by atoms with Crippen molar-refractivity contribution in [1.82, 2.24) is 0 Å². The average molecular weight is 170 g/mol. The molecule has 2 saturated carbocycles. The third kappa shape index (κ3) is 1.55. The Kier molecular flexibility index (Phi) is 1.27. The zero-order chi connectivity index (χ0) is 12.0. The minimum Gasteiger partial charge on any atom is -0.300 e. The van der Waals surface area contributed by atoms with E-state index in [0.717, 1.165) is 32.1 Å². The fourth-order valence-electron chi connectivity index (χ4n) is 2.32. The molecular formula is C11H18O. The molecular weight excluding hydrogens is 148 g/mol. The number of hydrogen-bond acceptors (Lipinski definition) is 1. The van der Waals surface area contributed by atoms with Gasteiger partial charge in [-0.3, -0.25) is 4.79 Å². The Morgan fingerprint density at radius 3 is 2.17 bits per heavy atom. The van der Waals surface area contributed by atoms with Gasteiger partial charge < -0.3 is 0 Å². The second-order valence-electron chi connectivity index (χ2n) is 4.10. The molecule has 0 atom stereocenters. The van der Waals surface area contributed by atoms with Gasteiger partial charge in [0.2, 0.25) is 0 Å². The van der Waals surface area contributed by atoms with Gasteiger partial charge in [-0.25, -0.2) is 0 Å². The first kappa shape index (κ1) is 4.78. The lowest BCUT2D eigenvalue weighted by atomic mass is 9.65. The maximum atomic E-state index is 11.6. The van der Waals surface area contributed by atoms with Crippen LogP contribution in [-0.4, -0.2) is 5.78 Å². The maximum absolute atomic E-state index is 11.6. The van der Waals surface area contributed by atoms with Crippen LogP contribution in [0, 0.1) is 5.41 Å². The molecule has 0 aromatic heterocycles. The zero-order valence-corrected chi connectivity index (χ0v) is 7.36. The molecule has 0 amide bonds. The van der Waals surface area contributed by atoms with Crippen molar-refractivity contribution in [2.75, 3.05) is 0 Å². The van der Waals surface area contributed by atoms with Crippen LogP contribution in [0.25, 0.3) is 0 Å². The lowest BCUT2D eigenvalue weighted by Gasteiger charge is -2.39. The molecule has 12 heavy (non-hydrogen) atoms. The molecule has 0 saturated heterocycles. The van der Waals surface area contributed by atoms with E-state index >= 15 is 0 Å². The number of rotatable bonds is 0. The van der Waals surface area contributed by atoms with E-state index in [1.54, 1.807) is 0 Å². The molecule has 0 aromatic rings. The van der Waals surface area contributed by atoms with Crippen LogP contribution in [0.15, 0.2) is 0 Å². The molecule has 0 bridgehead atoms. The Balaban J connectivity index is 2.28. The summed E-state index contributed by atoms with van der Waals surface area (Å²) in [6.07, 6.45) is 1.48. The molecule has 2 fully saturated rings. The highest BCUT2D eigenvalue weighted by molar-refractivity contribution is 5.79. The Hall–Kier alpha value is -0.330. The van der Waals surface area contributed by atoms with Gasteiger partial charge in [-0.1, -0.05) is 19.3 Å². The van der Waals surface area contributed by atoms with Crippen LogP contribution in [-0.2, 0) is 4.79 Å². The predicted molar refractivity (Wildman–Crippen MR) is 49.0 cm³/mol. The molecule has 0 radical (unpaired) electrons. The van der Waals surface area contributed by atoms with Crippen LogP contribution < -0.4 is 0 Å². The van der Waals surface area contributed by atoms with Crippen molar-refractivity contribution in [3.8, 4) is 0 Å². The van der Waals surface area contributed by atoms with Gasteiger partial charge in [-0.15, -0.1) is 0 Å². The summed E-state index contributed by atoms with van der Waals surface area (Å²) in [6, 6.07) is 0. The monoisotopic (exact) mass is 170 g/mol. The largest absolute Gasteiger partial charge is 0.300 e. The molecule has 0 aliphatic heterocycles. The number of ketones is 1. The minimum atomic E-state index is -1.97. The maximum Gasteiger partial charge on any atom is 0.132 e. The van der Waals surface area contributed by atoms with Crippen molar-refractivity contribution in [3.63, 3.8) is 0 Å². The molecule has 1 nitrogen and oxygen atoms in total. The Morgan fingerprint density at radius 2 is 1.58 bits per heavy atom. The molecule has 0 heterocycles. The summed E-state index contributed by atoms with van der Waals surface area (Å²) in [5.74, 6) is -0.851. The summed E-state index contributed by atoms with van der Waals surface area (Å²) >= 11 is 0. The molecule has 0 N–H and O–H groups in total. The fraction of sp³-hybridized carbons (Fsp3) is 0.909. The predicted octanol–water partition coefficient (Wildman–Crippen LogP) is 3.08.